The minimum Gasteiger partial charge on any atom is -0.393 e. The van der Waals surface area contributed by atoms with Crippen molar-refractivity contribution >= 4 is 17.0 Å². The van der Waals surface area contributed by atoms with Crippen molar-refractivity contribution in [1.82, 2.24) is 19.5 Å². The van der Waals surface area contributed by atoms with Crippen molar-refractivity contribution in [3.05, 3.63) is 12.2 Å². The van der Waals surface area contributed by atoms with Crippen molar-refractivity contribution in [3.8, 4) is 0 Å². The molecule has 3 N–H and O–H groups in total. The Morgan fingerprint density at radius 1 is 1.39 bits per heavy atom. The van der Waals surface area contributed by atoms with E-state index in [4.69, 9.17) is 5.73 Å². The van der Waals surface area contributed by atoms with Crippen molar-refractivity contribution in [2.45, 2.75) is 38.8 Å². The molecule has 3 unspecified atom stereocenters. The second-order valence-electron chi connectivity index (χ2n) is 5.15. The SMILES string of the molecule is Cc1nc(N)c2ncn(C3CC(C)C(O)C3)c2n1. The van der Waals surface area contributed by atoms with E-state index in [9.17, 15) is 5.11 Å². The van der Waals surface area contributed by atoms with E-state index in [1.54, 1.807) is 6.33 Å². The molecular weight excluding hydrogens is 230 g/mol. The first-order valence-electron chi connectivity index (χ1n) is 6.21. The molecule has 6 nitrogen and oxygen atoms in total. The Kier molecular flexibility index (Phi) is 2.48. The normalized spacial score (nSPS) is 28.1. The zero-order valence-corrected chi connectivity index (χ0v) is 10.5. The lowest BCUT2D eigenvalue weighted by atomic mass is 10.1. The molecule has 0 spiro atoms. The maximum absolute atomic E-state index is 9.86. The molecule has 18 heavy (non-hydrogen) atoms. The predicted molar refractivity (Wildman–Crippen MR) is 67.9 cm³/mol. The number of aliphatic hydroxyl groups excluding tert-OH is 1. The van der Waals surface area contributed by atoms with Crippen LogP contribution in [0.5, 0.6) is 0 Å². The second-order valence-corrected chi connectivity index (χ2v) is 5.15. The number of nitrogen functional groups attached to an aromatic ring is 1. The number of nitrogens with zero attached hydrogens (tertiary/aromatic N) is 4. The maximum Gasteiger partial charge on any atom is 0.166 e. The standard InChI is InChI=1S/C12H17N5O/c1-6-3-8(4-9(6)18)17-5-14-10-11(13)15-7(2)16-12(10)17/h5-6,8-9,18H,3-4H2,1-2H3,(H2,13,15,16). The molecule has 96 valence electrons. The number of rotatable bonds is 1. The highest BCUT2D eigenvalue weighted by Crippen LogP contribution is 2.36. The van der Waals surface area contributed by atoms with Crippen molar-refractivity contribution in [3.63, 3.8) is 0 Å². The van der Waals surface area contributed by atoms with E-state index in [0.717, 1.165) is 18.5 Å². The third-order valence-corrected chi connectivity index (χ3v) is 3.77. The first kappa shape index (κ1) is 11.4. The smallest absolute Gasteiger partial charge is 0.166 e. The van der Waals surface area contributed by atoms with Gasteiger partial charge in [0.25, 0.3) is 0 Å². The first-order chi connectivity index (χ1) is 8.56. The van der Waals surface area contributed by atoms with Crippen LogP contribution in [0.2, 0.25) is 0 Å². The zero-order chi connectivity index (χ0) is 12.9. The lowest BCUT2D eigenvalue weighted by Crippen LogP contribution is -2.09. The fourth-order valence-corrected chi connectivity index (χ4v) is 2.74. The molecule has 1 aliphatic rings. The van der Waals surface area contributed by atoms with Gasteiger partial charge in [0.1, 0.15) is 11.3 Å². The van der Waals surface area contributed by atoms with Gasteiger partial charge in [-0.2, -0.15) is 0 Å². The number of aliphatic hydroxyl groups is 1. The number of imidazole rings is 1. The molecular formula is C12H17N5O. The van der Waals surface area contributed by atoms with Gasteiger partial charge in [-0.3, -0.25) is 0 Å². The monoisotopic (exact) mass is 247 g/mol. The Balaban J connectivity index is 2.08. The topological polar surface area (TPSA) is 89.8 Å². The van der Waals surface area contributed by atoms with Crippen molar-refractivity contribution in [2.75, 3.05) is 5.73 Å². The lowest BCUT2D eigenvalue weighted by Gasteiger charge is -2.12. The highest BCUT2D eigenvalue weighted by atomic mass is 16.3. The first-order valence-corrected chi connectivity index (χ1v) is 6.21. The molecule has 1 saturated carbocycles. The molecule has 3 atom stereocenters. The summed E-state index contributed by atoms with van der Waals surface area (Å²) in [5.74, 6) is 1.38. The van der Waals surface area contributed by atoms with Gasteiger partial charge >= 0.3 is 0 Å². The van der Waals surface area contributed by atoms with Crippen LogP contribution >= 0.6 is 0 Å². The largest absolute Gasteiger partial charge is 0.393 e. The molecule has 1 fully saturated rings. The summed E-state index contributed by atoms with van der Waals surface area (Å²) in [6.07, 6.45) is 3.20. The fraction of sp³-hybridized carbons (Fsp3) is 0.583. The minimum absolute atomic E-state index is 0.243. The highest BCUT2D eigenvalue weighted by Gasteiger charge is 2.32. The third-order valence-electron chi connectivity index (χ3n) is 3.77. The van der Waals surface area contributed by atoms with Crippen LogP contribution < -0.4 is 5.73 Å². The molecule has 3 rings (SSSR count). The Hall–Kier alpha value is -1.69. The average molecular weight is 247 g/mol. The minimum atomic E-state index is -0.243. The molecule has 1 aliphatic carbocycles. The van der Waals surface area contributed by atoms with Gasteiger partial charge in [0, 0.05) is 6.04 Å². The summed E-state index contributed by atoms with van der Waals surface area (Å²) in [5.41, 5.74) is 7.26. The molecule has 0 bridgehead atoms. The van der Waals surface area contributed by atoms with Crippen molar-refractivity contribution in [1.29, 1.82) is 0 Å². The Labute approximate surface area is 105 Å². The average Bonchev–Trinajstić information content (AvgIpc) is 2.83. The molecule has 2 aromatic rings. The summed E-state index contributed by atoms with van der Waals surface area (Å²) in [6, 6.07) is 0.244. The maximum atomic E-state index is 9.86. The molecule has 2 heterocycles. The summed E-state index contributed by atoms with van der Waals surface area (Å²) < 4.78 is 2.02. The number of nitrogens with two attached hydrogens (primary N) is 1. The number of fused-ring (bicyclic) bond motifs is 1. The van der Waals surface area contributed by atoms with E-state index in [2.05, 4.69) is 21.9 Å². The van der Waals surface area contributed by atoms with E-state index in [1.165, 1.54) is 0 Å². The van der Waals surface area contributed by atoms with Gasteiger partial charge in [0.15, 0.2) is 11.5 Å². The van der Waals surface area contributed by atoms with E-state index in [0.29, 0.717) is 23.1 Å². The van der Waals surface area contributed by atoms with Crippen LogP contribution in [0.15, 0.2) is 6.33 Å². The number of aryl methyl sites for hydroxylation is 1. The molecule has 0 saturated heterocycles. The predicted octanol–water partition coefficient (Wildman–Crippen LogP) is 1.05. The van der Waals surface area contributed by atoms with Crippen LogP contribution in [0.4, 0.5) is 5.82 Å². The van der Waals surface area contributed by atoms with Gasteiger partial charge in [-0.15, -0.1) is 0 Å². The highest BCUT2D eigenvalue weighted by molar-refractivity contribution is 5.81. The van der Waals surface area contributed by atoms with Crippen LogP contribution in [0.25, 0.3) is 11.2 Å². The van der Waals surface area contributed by atoms with E-state index in [-0.39, 0.29) is 12.1 Å². The third kappa shape index (κ3) is 1.64. The van der Waals surface area contributed by atoms with Crippen molar-refractivity contribution in [2.24, 2.45) is 5.92 Å². The van der Waals surface area contributed by atoms with Gasteiger partial charge in [0.05, 0.1) is 12.4 Å². The molecule has 0 radical (unpaired) electrons. The molecule has 6 heteroatoms. The van der Waals surface area contributed by atoms with E-state index < -0.39 is 0 Å². The quantitative estimate of drug-likeness (QED) is 0.786. The van der Waals surface area contributed by atoms with E-state index in [1.807, 2.05) is 11.5 Å². The Morgan fingerprint density at radius 3 is 2.83 bits per heavy atom. The Bertz CT molecular complexity index is 583. The molecule has 0 aromatic carbocycles. The van der Waals surface area contributed by atoms with Gasteiger partial charge in [-0.25, -0.2) is 15.0 Å². The van der Waals surface area contributed by atoms with Gasteiger partial charge in [-0.1, -0.05) is 6.92 Å². The van der Waals surface area contributed by atoms with Crippen molar-refractivity contribution < 1.29 is 5.11 Å². The number of hydrogen-bond donors (Lipinski definition) is 2. The van der Waals surface area contributed by atoms with Gasteiger partial charge < -0.3 is 15.4 Å². The van der Waals surface area contributed by atoms with Crippen LogP contribution in [0.3, 0.4) is 0 Å². The number of anilines is 1. The van der Waals surface area contributed by atoms with E-state index >= 15 is 0 Å². The molecule has 0 aliphatic heterocycles. The van der Waals surface area contributed by atoms with Crippen LogP contribution in [0.1, 0.15) is 31.6 Å². The lowest BCUT2D eigenvalue weighted by molar-refractivity contribution is 0.139. The summed E-state index contributed by atoms with van der Waals surface area (Å²) in [4.78, 5) is 12.8. The Morgan fingerprint density at radius 2 is 2.17 bits per heavy atom. The second kappa shape index (κ2) is 3.91. The summed E-state index contributed by atoms with van der Waals surface area (Å²) in [5, 5.41) is 9.86. The number of hydrogen-bond acceptors (Lipinski definition) is 5. The van der Waals surface area contributed by atoms with Crippen LogP contribution in [-0.2, 0) is 0 Å². The zero-order valence-electron chi connectivity index (χ0n) is 10.5. The number of aromatic nitrogens is 4. The summed E-state index contributed by atoms with van der Waals surface area (Å²) >= 11 is 0. The molecule has 2 aromatic heterocycles. The fourth-order valence-electron chi connectivity index (χ4n) is 2.74. The molecule has 0 amide bonds. The summed E-state index contributed by atoms with van der Waals surface area (Å²) in [7, 11) is 0. The van der Waals surface area contributed by atoms with Gasteiger partial charge in [-0.05, 0) is 25.7 Å². The van der Waals surface area contributed by atoms with Gasteiger partial charge in [0.2, 0.25) is 0 Å². The van der Waals surface area contributed by atoms with Crippen LogP contribution in [0, 0.1) is 12.8 Å². The summed E-state index contributed by atoms with van der Waals surface area (Å²) in [6.45, 7) is 3.89. The van der Waals surface area contributed by atoms with Crippen LogP contribution in [-0.4, -0.2) is 30.7 Å².